The topological polar surface area (TPSA) is 134 Å². The van der Waals surface area contributed by atoms with E-state index in [0.717, 1.165) is 24.1 Å². The van der Waals surface area contributed by atoms with Crippen LogP contribution in [0.25, 0.3) is 0 Å². The highest BCUT2D eigenvalue weighted by atomic mass is 19.4. The molecule has 2 aromatic carbocycles. The molecule has 3 atom stereocenters. The lowest BCUT2D eigenvalue weighted by molar-refractivity contribution is -0.137. The molecule has 250 valence electrons. The van der Waals surface area contributed by atoms with Gasteiger partial charge in [-0.25, -0.2) is 4.98 Å². The number of nitrogens with one attached hydrogen (secondary N) is 2. The van der Waals surface area contributed by atoms with Crippen molar-refractivity contribution in [2.45, 2.75) is 64.0 Å². The molecule has 3 aromatic rings. The Bertz CT molecular complexity index is 1610. The molecule has 4 rings (SSSR count). The van der Waals surface area contributed by atoms with Crippen molar-refractivity contribution in [3.63, 3.8) is 0 Å². The summed E-state index contributed by atoms with van der Waals surface area (Å²) in [6, 6.07) is 13.0. The summed E-state index contributed by atoms with van der Waals surface area (Å²) in [5, 5.41) is 16.9. The number of halogens is 3. The van der Waals surface area contributed by atoms with Crippen LogP contribution in [0.5, 0.6) is 0 Å². The monoisotopic (exact) mass is 651 g/mol. The van der Waals surface area contributed by atoms with Crippen molar-refractivity contribution in [3.05, 3.63) is 125 Å². The van der Waals surface area contributed by atoms with Gasteiger partial charge in [0.05, 0.1) is 23.4 Å². The van der Waals surface area contributed by atoms with Crippen LogP contribution in [-0.2, 0) is 28.7 Å². The Hall–Kier alpha value is -4.68. The Balaban J connectivity index is 1.47. The Kier molecular flexibility index (Phi) is 11.8. The highest BCUT2D eigenvalue weighted by molar-refractivity contribution is 6.02. The number of nitrogens with two attached hydrogens (primary N) is 1. The van der Waals surface area contributed by atoms with Crippen molar-refractivity contribution >= 4 is 11.8 Å². The third kappa shape index (κ3) is 9.90. The van der Waals surface area contributed by atoms with Crippen molar-refractivity contribution in [2.24, 2.45) is 5.73 Å². The van der Waals surface area contributed by atoms with Crippen molar-refractivity contribution < 1.29 is 32.3 Å². The molecule has 12 heteroatoms. The Labute approximate surface area is 272 Å². The first kappa shape index (κ1) is 35.2. The van der Waals surface area contributed by atoms with Gasteiger partial charge < -0.3 is 30.8 Å². The van der Waals surface area contributed by atoms with E-state index in [0.29, 0.717) is 35.8 Å². The molecular weight excluding hydrogens is 611 g/mol. The SMILES string of the molecule is C=C(/C=C(\C=C(\C)N)C(=O)N1CCC[C@@H]1c1nc(C)co1)C(=O)N[C@@H](Cc1ccccc1)[C@H](O)CNCc1cccc(C(F)(F)F)c1. The van der Waals surface area contributed by atoms with E-state index < -0.39 is 29.8 Å². The summed E-state index contributed by atoms with van der Waals surface area (Å²) in [6.45, 7) is 7.84. The predicted molar refractivity (Wildman–Crippen MR) is 171 cm³/mol. The first-order valence-corrected chi connectivity index (χ1v) is 15.3. The second kappa shape index (κ2) is 15.7. The molecule has 2 heterocycles. The second-order valence-electron chi connectivity index (χ2n) is 11.7. The molecule has 1 fully saturated rings. The van der Waals surface area contributed by atoms with E-state index in [1.54, 1.807) is 24.8 Å². The number of aliphatic hydroxyl groups is 1. The van der Waals surface area contributed by atoms with E-state index in [2.05, 4.69) is 22.2 Å². The van der Waals surface area contributed by atoms with Crippen molar-refractivity contribution in [1.29, 1.82) is 0 Å². The average Bonchev–Trinajstić information content (AvgIpc) is 3.69. The van der Waals surface area contributed by atoms with Gasteiger partial charge in [-0.15, -0.1) is 0 Å². The molecule has 0 radical (unpaired) electrons. The quantitative estimate of drug-likeness (QED) is 0.153. The maximum atomic E-state index is 13.7. The van der Waals surface area contributed by atoms with Crippen LogP contribution in [-0.4, -0.2) is 52.0 Å². The number of benzene rings is 2. The predicted octanol–water partition coefficient (Wildman–Crippen LogP) is 4.89. The molecule has 0 unspecified atom stereocenters. The lowest BCUT2D eigenvalue weighted by atomic mass is 10.00. The van der Waals surface area contributed by atoms with Crippen LogP contribution in [0.3, 0.4) is 0 Å². The summed E-state index contributed by atoms with van der Waals surface area (Å²) in [7, 11) is 0. The first-order chi connectivity index (χ1) is 22.3. The summed E-state index contributed by atoms with van der Waals surface area (Å²) in [6.07, 6.45) is 0.465. The number of nitrogens with zero attached hydrogens (tertiary/aromatic N) is 2. The van der Waals surface area contributed by atoms with E-state index in [1.165, 1.54) is 24.5 Å². The summed E-state index contributed by atoms with van der Waals surface area (Å²) in [4.78, 5) is 33.2. The molecule has 1 aromatic heterocycles. The fourth-order valence-corrected chi connectivity index (χ4v) is 5.40. The molecule has 5 N–H and O–H groups in total. The van der Waals surface area contributed by atoms with Crippen LogP contribution in [0.15, 0.2) is 101 Å². The maximum absolute atomic E-state index is 13.7. The summed E-state index contributed by atoms with van der Waals surface area (Å²) < 4.78 is 44.9. The molecule has 1 aliphatic heterocycles. The smallest absolute Gasteiger partial charge is 0.416 e. The Morgan fingerprint density at radius 1 is 1.17 bits per heavy atom. The fourth-order valence-electron chi connectivity index (χ4n) is 5.40. The van der Waals surface area contributed by atoms with Gasteiger partial charge in [-0.3, -0.25) is 9.59 Å². The van der Waals surface area contributed by atoms with Crippen LogP contribution in [0.1, 0.15) is 54.1 Å². The van der Waals surface area contributed by atoms with Gasteiger partial charge in [0.15, 0.2) is 0 Å². The maximum Gasteiger partial charge on any atom is 0.416 e. The Morgan fingerprint density at radius 2 is 1.89 bits per heavy atom. The van der Waals surface area contributed by atoms with Crippen LogP contribution in [0.4, 0.5) is 13.2 Å². The lowest BCUT2D eigenvalue weighted by Gasteiger charge is -2.25. The lowest BCUT2D eigenvalue weighted by Crippen LogP contribution is -2.49. The Morgan fingerprint density at radius 3 is 2.55 bits per heavy atom. The van der Waals surface area contributed by atoms with Crippen molar-refractivity contribution in [3.8, 4) is 0 Å². The second-order valence-corrected chi connectivity index (χ2v) is 11.7. The molecule has 0 saturated carbocycles. The zero-order chi connectivity index (χ0) is 34.1. The minimum Gasteiger partial charge on any atom is -0.446 e. The van der Waals surface area contributed by atoms with E-state index in [9.17, 15) is 27.9 Å². The molecule has 0 bridgehead atoms. The number of rotatable bonds is 13. The third-order valence-corrected chi connectivity index (χ3v) is 7.70. The zero-order valence-electron chi connectivity index (χ0n) is 26.4. The summed E-state index contributed by atoms with van der Waals surface area (Å²) >= 11 is 0. The van der Waals surface area contributed by atoms with Crippen LogP contribution in [0.2, 0.25) is 0 Å². The first-order valence-electron chi connectivity index (χ1n) is 15.3. The van der Waals surface area contributed by atoms with Crippen LogP contribution >= 0.6 is 0 Å². The van der Waals surface area contributed by atoms with Gasteiger partial charge in [-0.2, -0.15) is 13.2 Å². The summed E-state index contributed by atoms with van der Waals surface area (Å²) in [5.41, 5.74) is 7.61. The van der Waals surface area contributed by atoms with Crippen LogP contribution in [0, 0.1) is 6.92 Å². The minimum absolute atomic E-state index is 0.0220. The fraction of sp³-hybridized carbons (Fsp3) is 0.343. The van der Waals surface area contributed by atoms with Gasteiger partial charge in [0.2, 0.25) is 5.89 Å². The van der Waals surface area contributed by atoms with Gasteiger partial charge in [-0.05, 0) is 62.5 Å². The molecule has 2 amide bonds. The highest BCUT2D eigenvalue weighted by Crippen LogP contribution is 2.33. The van der Waals surface area contributed by atoms with Crippen molar-refractivity contribution in [1.82, 2.24) is 20.5 Å². The molecule has 1 saturated heterocycles. The van der Waals surface area contributed by atoms with E-state index in [-0.39, 0.29) is 42.6 Å². The zero-order valence-corrected chi connectivity index (χ0v) is 26.4. The number of hydrogen-bond donors (Lipinski definition) is 4. The molecule has 0 aliphatic carbocycles. The number of aryl methyl sites for hydroxylation is 1. The summed E-state index contributed by atoms with van der Waals surface area (Å²) in [5.74, 6) is -0.531. The van der Waals surface area contributed by atoms with E-state index in [4.69, 9.17) is 10.2 Å². The van der Waals surface area contributed by atoms with E-state index >= 15 is 0 Å². The normalized spacial score (nSPS) is 17.0. The number of allylic oxidation sites excluding steroid dienone is 1. The van der Waals surface area contributed by atoms with Gasteiger partial charge in [-0.1, -0.05) is 55.1 Å². The minimum atomic E-state index is -4.47. The highest BCUT2D eigenvalue weighted by Gasteiger charge is 2.34. The molecule has 47 heavy (non-hydrogen) atoms. The number of alkyl halides is 3. The molecule has 9 nitrogen and oxygen atoms in total. The number of carbonyl (C=O) groups is 2. The number of amides is 2. The van der Waals surface area contributed by atoms with Crippen molar-refractivity contribution in [2.75, 3.05) is 13.1 Å². The van der Waals surface area contributed by atoms with Gasteiger partial charge in [0.1, 0.15) is 12.3 Å². The molecule has 1 aliphatic rings. The number of hydrogen-bond acceptors (Lipinski definition) is 7. The number of aromatic nitrogens is 1. The standard InChI is InChI=1S/C35H40F3N5O4/c1-22(15-27(16-23(2)39)34(46)43-14-8-13-30(43)33-41-24(3)21-47-33)32(45)42-29(18-25-9-5-4-6-10-25)31(44)20-40-19-26-11-7-12-28(17-26)35(36,37)38/h4-7,9-12,15-17,21,29-31,40,44H,1,8,13-14,18-20,39H2,2-3H3,(H,42,45)/b23-16-,27-15+/t29-,30+,31+/m0/s1. The third-order valence-electron chi connectivity index (χ3n) is 7.70. The number of oxazole rings is 1. The number of aliphatic hydroxyl groups excluding tert-OH is 1. The average molecular weight is 652 g/mol. The van der Waals surface area contributed by atoms with Crippen LogP contribution < -0.4 is 16.4 Å². The van der Waals surface area contributed by atoms with Gasteiger partial charge >= 0.3 is 6.18 Å². The number of likely N-dealkylation sites (tertiary alicyclic amines) is 1. The molecule has 0 spiro atoms. The van der Waals surface area contributed by atoms with E-state index in [1.807, 2.05) is 30.3 Å². The largest absolute Gasteiger partial charge is 0.446 e. The number of carbonyl (C=O) groups excluding carboxylic acids is 2. The van der Waals surface area contributed by atoms with Gasteiger partial charge in [0.25, 0.3) is 11.8 Å². The van der Waals surface area contributed by atoms with Gasteiger partial charge in [0, 0.05) is 36.5 Å². The molecular formula is C35H40F3N5O4.